The van der Waals surface area contributed by atoms with Crippen LogP contribution in [-0.2, 0) is 0 Å². The number of hydrogen-bond donors (Lipinski definition) is 0. The molecule has 0 N–H and O–H groups in total. The van der Waals surface area contributed by atoms with Crippen LogP contribution in [0.5, 0.6) is 0 Å². The summed E-state index contributed by atoms with van der Waals surface area (Å²) in [5.41, 5.74) is 0. The summed E-state index contributed by atoms with van der Waals surface area (Å²) in [6.45, 7) is 13.3. The second kappa shape index (κ2) is 11.6. The van der Waals surface area contributed by atoms with Gasteiger partial charge >= 0.3 is 18.9 Å². The average molecular weight is 192 g/mol. The number of hydrogen-bond acceptors (Lipinski definition) is 1. The Labute approximate surface area is 103 Å². The van der Waals surface area contributed by atoms with Crippen molar-refractivity contribution in [3.8, 4) is 0 Å². The number of unbranched alkanes of at least 4 members (excludes halogenated alkanes) is 2. The topological polar surface area (TPSA) is 3.24 Å². The predicted octanol–water partition coefficient (Wildman–Crippen LogP) is 2.85. The van der Waals surface area contributed by atoms with Crippen molar-refractivity contribution in [2.24, 2.45) is 0 Å². The zero-order valence-corrected chi connectivity index (χ0v) is 9.68. The molecule has 1 unspecified atom stereocenters. The molecule has 81 valence electrons. The van der Waals surface area contributed by atoms with Crippen LogP contribution in [0.2, 0.25) is 0 Å². The van der Waals surface area contributed by atoms with Gasteiger partial charge in [-0.2, -0.15) is 0 Å². The van der Waals surface area contributed by atoms with Crippen LogP contribution in [0.25, 0.3) is 0 Å². The molecule has 0 aromatic heterocycles. The summed E-state index contributed by atoms with van der Waals surface area (Å²) < 4.78 is 0. The molecule has 0 saturated carbocycles. The van der Waals surface area contributed by atoms with Crippen LogP contribution in [0.15, 0.2) is 0 Å². The predicted molar refractivity (Wildman–Crippen MR) is 68.0 cm³/mol. The maximum absolute atomic E-state index is 3.98. The third kappa shape index (κ3) is 7.92. The van der Waals surface area contributed by atoms with E-state index < -0.39 is 0 Å². The fraction of sp³-hybridized carbons (Fsp3) is 0.917. The van der Waals surface area contributed by atoms with E-state index in [1.165, 1.54) is 38.8 Å². The Bertz CT molecular complexity index is 98.5. The van der Waals surface area contributed by atoms with E-state index in [9.17, 15) is 0 Å². The molecule has 0 aromatic rings. The van der Waals surface area contributed by atoms with E-state index in [2.05, 4.69) is 32.6 Å². The second-order valence-corrected chi connectivity index (χ2v) is 3.88. The van der Waals surface area contributed by atoms with Gasteiger partial charge in [-0.25, -0.2) is 0 Å². The molecule has 0 aliphatic carbocycles. The van der Waals surface area contributed by atoms with E-state index in [0.29, 0.717) is 6.04 Å². The first kappa shape index (κ1) is 17.0. The van der Waals surface area contributed by atoms with Gasteiger partial charge in [-0.3, -0.25) is 0 Å². The van der Waals surface area contributed by atoms with Gasteiger partial charge < -0.3 is 4.90 Å². The van der Waals surface area contributed by atoms with Crippen molar-refractivity contribution in [3.63, 3.8) is 0 Å². The molecule has 0 aliphatic heterocycles. The molecule has 1 atom stereocenters. The summed E-state index contributed by atoms with van der Waals surface area (Å²) in [5.74, 6) is 0. The SMILES string of the molecule is [CH2]CC(C)N(CCCC)CCCC.[LiH]. The quantitative estimate of drug-likeness (QED) is 0.534. The van der Waals surface area contributed by atoms with Gasteiger partial charge in [0.1, 0.15) is 0 Å². The minimum absolute atomic E-state index is 0. The Kier molecular flexibility index (Phi) is 14.1. The van der Waals surface area contributed by atoms with Crippen LogP contribution in [0, 0.1) is 6.92 Å². The fourth-order valence-electron chi connectivity index (χ4n) is 1.46. The fourth-order valence-corrected chi connectivity index (χ4v) is 1.46. The molecule has 0 aliphatic rings. The van der Waals surface area contributed by atoms with Gasteiger partial charge in [-0.05, 0) is 39.3 Å². The van der Waals surface area contributed by atoms with Gasteiger partial charge in [0.15, 0.2) is 0 Å². The van der Waals surface area contributed by atoms with E-state index in [1.54, 1.807) is 0 Å². The molecule has 0 spiro atoms. The molecule has 0 heterocycles. The van der Waals surface area contributed by atoms with Gasteiger partial charge in [0, 0.05) is 6.04 Å². The van der Waals surface area contributed by atoms with Crippen molar-refractivity contribution in [3.05, 3.63) is 6.92 Å². The molecule has 0 saturated heterocycles. The molecule has 14 heavy (non-hydrogen) atoms. The molecular formula is C12H27LiN. The summed E-state index contributed by atoms with van der Waals surface area (Å²) in [5, 5.41) is 0. The Morgan fingerprint density at radius 1 is 1.07 bits per heavy atom. The van der Waals surface area contributed by atoms with Crippen molar-refractivity contribution in [1.82, 2.24) is 4.90 Å². The molecule has 0 rings (SSSR count). The van der Waals surface area contributed by atoms with Crippen LogP contribution < -0.4 is 0 Å². The van der Waals surface area contributed by atoms with Gasteiger partial charge in [-0.1, -0.05) is 33.6 Å². The molecule has 0 fully saturated rings. The van der Waals surface area contributed by atoms with E-state index in [1.807, 2.05) is 0 Å². The van der Waals surface area contributed by atoms with Crippen molar-refractivity contribution >= 4 is 18.9 Å². The van der Waals surface area contributed by atoms with Gasteiger partial charge in [0.2, 0.25) is 0 Å². The van der Waals surface area contributed by atoms with Crippen LogP contribution in [0.4, 0.5) is 0 Å². The summed E-state index contributed by atoms with van der Waals surface area (Å²) in [6, 6.07) is 0.665. The van der Waals surface area contributed by atoms with Gasteiger partial charge in [0.25, 0.3) is 0 Å². The summed E-state index contributed by atoms with van der Waals surface area (Å²) in [6.07, 6.45) is 6.29. The van der Waals surface area contributed by atoms with Crippen LogP contribution >= 0.6 is 0 Å². The van der Waals surface area contributed by atoms with E-state index in [4.69, 9.17) is 0 Å². The van der Waals surface area contributed by atoms with Gasteiger partial charge in [0.05, 0.1) is 0 Å². The average Bonchev–Trinajstić information content (AvgIpc) is 2.17. The maximum atomic E-state index is 3.98. The minimum atomic E-state index is 0. The van der Waals surface area contributed by atoms with Gasteiger partial charge in [-0.15, -0.1) is 0 Å². The Balaban J connectivity index is 0. The number of nitrogens with zero attached hydrogens (tertiary/aromatic N) is 1. The number of rotatable bonds is 8. The summed E-state index contributed by atoms with van der Waals surface area (Å²) in [7, 11) is 0. The molecule has 2 heteroatoms. The van der Waals surface area contributed by atoms with Crippen molar-refractivity contribution in [1.29, 1.82) is 0 Å². The zero-order valence-electron chi connectivity index (χ0n) is 9.68. The van der Waals surface area contributed by atoms with Crippen molar-refractivity contribution < 1.29 is 0 Å². The summed E-state index contributed by atoms with van der Waals surface area (Å²) in [4.78, 5) is 2.58. The normalized spacial score (nSPS) is 12.6. The zero-order chi connectivity index (χ0) is 10.1. The third-order valence-corrected chi connectivity index (χ3v) is 2.64. The summed E-state index contributed by atoms with van der Waals surface area (Å²) >= 11 is 0. The first-order valence-corrected chi connectivity index (χ1v) is 5.79. The van der Waals surface area contributed by atoms with E-state index in [-0.39, 0.29) is 18.9 Å². The van der Waals surface area contributed by atoms with Crippen LogP contribution in [-0.4, -0.2) is 42.9 Å². The molecule has 1 nitrogen and oxygen atoms in total. The Hall–Kier alpha value is 0.557. The molecule has 0 amide bonds. The van der Waals surface area contributed by atoms with Crippen LogP contribution in [0.1, 0.15) is 52.9 Å². The van der Waals surface area contributed by atoms with Crippen LogP contribution in [0.3, 0.4) is 0 Å². The van der Waals surface area contributed by atoms with E-state index >= 15 is 0 Å². The third-order valence-electron chi connectivity index (χ3n) is 2.64. The van der Waals surface area contributed by atoms with E-state index in [0.717, 1.165) is 6.42 Å². The standard InChI is InChI=1S/C12H26N.Li.H/c1-5-8-10-13(11-9-6-2)12(4)7-3;;/h12H,3,5-11H2,1-2,4H3;;. The first-order valence-electron chi connectivity index (χ1n) is 5.79. The second-order valence-electron chi connectivity index (χ2n) is 3.88. The Morgan fingerprint density at radius 3 is 1.79 bits per heavy atom. The van der Waals surface area contributed by atoms with Crippen molar-refractivity contribution in [2.45, 2.75) is 58.9 Å². The molecule has 1 radical (unpaired) electrons. The van der Waals surface area contributed by atoms with Crippen molar-refractivity contribution in [2.75, 3.05) is 13.1 Å². The monoisotopic (exact) mass is 192 g/mol. The first-order chi connectivity index (χ1) is 6.26. The molecule has 0 bridgehead atoms. The molecule has 0 aromatic carbocycles. The Morgan fingerprint density at radius 2 is 1.50 bits per heavy atom. The molecular weight excluding hydrogens is 165 g/mol.